The van der Waals surface area contributed by atoms with Gasteiger partial charge in [-0.05, 0) is 18.6 Å². The van der Waals surface area contributed by atoms with Gasteiger partial charge >= 0.3 is 0 Å². The minimum Gasteiger partial charge on any atom is -0.424 e. The number of methoxy groups -OCH3 is 1. The lowest BCUT2D eigenvalue weighted by molar-refractivity contribution is 0.181. The Kier molecular flexibility index (Phi) is 3.98. The van der Waals surface area contributed by atoms with Crippen LogP contribution in [0.1, 0.15) is 19.8 Å². The van der Waals surface area contributed by atoms with Gasteiger partial charge in [0.05, 0.1) is 12.6 Å². The second kappa shape index (κ2) is 5.68. The van der Waals surface area contributed by atoms with Crippen LogP contribution in [-0.4, -0.2) is 24.7 Å². The van der Waals surface area contributed by atoms with Gasteiger partial charge in [0.15, 0.2) is 5.58 Å². The van der Waals surface area contributed by atoms with E-state index < -0.39 is 0 Å². The summed E-state index contributed by atoms with van der Waals surface area (Å²) in [5.41, 5.74) is 1.69. The van der Waals surface area contributed by atoms with Crippen LogP contribution in [0.15, 0.2) is 28.7 Å². The van der Waals surface area contributed by atoms with Crippen LogP contribution in [0, 0.1) is 0 Å². The molecule has 0 aliphatic rings. The van der Waals surface area contributed by atoms with Crippen molar-refractivity contribution in [1.82, 2.24) is 4.98 Å². The lowest BCUT2D eigenvalue weighted by atomic mass is 10.2. The molecule has 0 radical (unpaired) electrons. The van der Waals surface area contributed by atoms with Crippen molar-refractivity contribution in [3.63, 3.8) is 0 Å². The average molecular weight is 234 g/mol. The molecule has 1 aromatic carbocycles. The first-order chi connectivity index (χ1) is 8.33. The molecule has 0 spiro atoms. The summed E-state index contributed by atoms with van der Waals surface area (Å²) in [5.74, 6) is 0. The monoisotopic (exact) mass is 234 g/mol. The highest BCUT2D eigenvalue weighted by Gasteiger charge is 2.11. The molecule has 2 rings (SSSR count). The molecule has 1 heterocycles. The van der Waals surface area contributed by atoms with Crippen molar-refractivity contribution >= 4 is 17.1 Å². The first-order valence-electron chi connectivity index (χ1n) is 5.94. The van der Waals surface area contributed by atoms with Gasteiger partial charge in [0.25, 0.3) is 6.01 Å². The maximum absolute atomic E-state index is 5.61. The fraction of sp³-hybridized carbons (Fsp3) is 0.462. The van der Waals surface area contributed by atoms with E-state index in [-0.39, 0.29) is 6.04 Å². The standard InChI is InChI=1S/C13H18N2O2/c1-3-6-10(9-16-2)14-13-15-11-7-4-5-8-12(11)17-13/h4-5,7-8,10H,3,6,9H2,1-2H3,(H,14,15). The number of hydrogen-bond donors (Lipinski definition) is 1. The molecule has 1 N–H and O–H groups in total. The van der Waals surface area contributed by atoms with Gasteiger partial charge in [-0.3, -0.25) is 0 Å². The number of fused-ring (bicyclic) bond motifs is 1. The Balaban J connectivity index is 2.10. The third-order valence-corrected chi connectivity index (χ3v) is 2.63. The number of para-hydroxylation sites is 2. The number of nitrogens with zero attached hydrogens (tertiary/aromatic N) is 1. The highest BCUT2D eigenvalue weighted by atomic mass is 16.5. The van der Waals surface area contributed by atoms with Gasteiger partial charge in [-0.2, -0.15) is 4.98 Å². The van der Waals surface area contributed by atoms with Gasteiger partial charge in [0.2, 0.25) is 0 Å². The average Bonchev–Trinajstić information content (AvgIpc) is 2.71. The summed E-state index contributed by atoms with van der Waals surface area (Å²) in [6.45, 7) is 2.81. The predicted molar refractivity (Wildman–Crippen MR) is 68.2 cm³/mol. The molecular weight excluding hydrogens is 216 g/mol. The summed E-state index contributed by atoms with van der Waals surface area (Å²) in [6, 6.07) is 8.57. The molecule has 0 amide bonds. The molecule has 17 heavy (non-hydrogen) atoms. The summed E-state index contributed by atoms with van der Waals surface area (Å²) < 4.78 is 10.8. The molecule has 0 aliphatic heterocycles. The number of nitrogens with one attached hydrogen (secondary N) is 1. The fourth-order valence-electron chi connectivity index (χ4n) is 1.86. The number of ether oxygens (including phenoxy) is 1. The Bertz CT molecular complexity index is 428. The summed E-state index contributed by atoms with van der Waals surface area (Å²) >= 11 is 0. The van der Waals surface area contributed by atoms with E-state index in [2.05, 4.69) is 17.2 Å². The lowest BCUT2D eigenvalue weighted by Gasteiger charge is -2.15. The van der Waals surface area contributed by atoms with Crippen LogP contribution in [0.25, 0.3) is 11.1 Å². The lowest BCUT2D eigenvalue weighted by Crippen LogP contribution is -2.24. The maximum Gasteiger partial charge on any atom is 0.295 e. The molecule has 1 unspecified atom stereocenters. The van der Waals surface area contributed by atoms with Crippen LogP contribution in [-0.2, 0) is 4.74 Å². The summed E-state index contributed by atoms with van der Waals surface area (Å²) in [5, 5.41) is 3.27. The number of anilines is 1. The largest absolute Gasteiger partial charge is 0.424 e. The molecule has 0 bridgehead atoms. The van der Waals surface area contributed by atoms with E-state index in [1.165, 1.54) is 0 Å². The van der Waals surface area contributed by atoms with Crippen LogP contribution in [0.4, 0.5) is 6.01 Å². The highest BCUT2D eigenvalue weighted by molar-refractivity contribution is 5.74. The Labute approximate surface area is 101 Å². The van der Waals surface area contributed by atoms with Crippen molar-refractivity contribution in [3.05, 3.63) is 24.3 Å². The van der Waals surface area contributed by atoms with Crippen molar-refractivity contribution in [1.29, 1.82) is 0 Å². The van der Waals surface area contributed by atoms with E-state index in [4.69, 9.17) is 9.15 Å². The molecule has 4 heteroatoms. The molecule has 0 saturated carbocycles. The SMILES string of the molecule is CCCC(COC)Nc1nc2ccccc2o1. The Morgan fingerprint density at radius 1 is 1.41 bits per heavy atom. The van der Waals surface area contributed by atoms with Gasteiger partial charge in [0, 0.05) is 7.11 Å². The Morgan fingerprint density at radius 2 is 2.24 bits per heavy atom. The molecule has 2 aromatic rings. The van der Waals surface area contributed by atoms with Gasteiger partial charge in [-0.15, -0.1) is 0 Å². The topological polar surface area (TPSA) is 47.3 Å². The zero-order valence-corrected chi connectivity index (χ0v) is 10.3. The smallest absolute Gasteiger partial charge is 0.295 e. The molecular formula is C13H18N2O2. The molecule has 1 aromatic heterocycles. The quantitative estimate of drug-likeness (QED) is 0.834. The molecule has 0 saturated heterocycles. The summed E-state index contributed by atoms with van der Waals surface area (Å²) in [4.78, 5) is 4.38. The Morgan fingerprint density at radius 3 is 2.94 bits per heavy atom. The number of aromatic nitrogens is 1. The Hall–Kier alpha value is -1.55. The number of rotatable bonds is 6. The van der Waals surface area contributed by atoms with Gasteiger partial charge in [-0.1, -0.05) is 25.5 Å². The minimum atomic E-state index is 0.248. The van der Waals surface area contributed by atoms with E-state index >= 15 is 0 Å². The van der Waals surface area contributed by atoms with Gasteiger partial charge < -0.3 is 14.5 Å². The van der Waals surface area contributed by atoms with Crippen molar-refractivity contribution in [2.75, 3.05) is 19.0 Å². The third-order valence-electron chi connectivity index (χ3n) is 2.63. The van der Waals surface area contributed by atoms with E-state index in [1.54, 1.807) is 7.11 Å². The van der Waals surface area contributed by atoms with Crippen LogP contribution in [0.3, 0.4) is 0 Å². The van der Waals surface area contributed by atoms with E-state index in [9.17, 15) is 0 Å². The summed E-state index contributed by atoms with van der Waals surface area (Å²) in [7, 11) is 1.70. The van der Waals surface area contributed by atoms with E-state index in [0.717, 1.165) is 23.9 Å². The second-order valence-electron chi connectivity index (χ2n) is 4.07. The number of benzene rings is 1. The zero-order chi connectivity index (χ0) is 12.1. The first-order valence-corrected chi connectivity index (χ1v) is 5.94. The fourth-order valence-corrected chi connectivity index (χ4v) is 1.86. The van der Waals surface area contributed by atoms with Crippen LogP contribution >= 0.6 is 0 Å². The van der Waals surface area contributed by atoms with Crippen molar-refractivity contribution in [2.45, 2.75) is 25.8 Å². The molecule has 1 atom stereocenters. The van der Waals surface area contributed by atoms with Crippen molar-refractivity contribution in [3.8, 4) is 0 Å². The predicted octanol–water partition coefficient (Wildman–Crippen LogP) is 3.05. The molecule has 0 fully saturated rings. The number of hydrogen-bond acceptors (Lipinski definition) is 4. The number of oxazole rings is 1. The van der Waals surface area contributed by atoms with Crippen LogP contribution < -0.4 is 5.32 Å². The first kappa shape index (κ1) is 11.9. The highest BCUT2D eigenvalue weighted by Crippen LogP contribution is 2.19. The minimum absolute atomic E-state index is 0.248. The van der Waals surface area contributed by atoms with Crippen LogP contribution in [0.5, 0.6) is 0 Å². The van der Waals surface area contributed by atoms with Crippen LogP contribution in [0.2, 0.25) is 0 Å². The van der Waals surface area contributed by atoms with E-state index in [0.29, 0.717) is 12.6 Å². The third kappa shape index (κ3) is 2.97. The van der Waals surface area contributed by atoms with E-state index in [1.807, 2.05) is 24.3 Å². The summed E-state index contributed by atoms with van der Waals surface area (Å²) in [6.07, 6.45) is 2.13. The maximum atomic E-state index is 5.61. The molecule has 0 aliphatic carbocycles. The van der Waals surface area contributed by atoms with Crippen molar-refractivity contribution in [2.24, 2.45) is 0 Å². The normalized spacial score (nSPS) is 12.8. The van der Waals surface area contributed by atoms with Crippen molar-refractivity contribution < 1.29 is 9.15 Å². The molecule has 92 valence electrons. The van der Waals surface area contributed by atoms with Gasteiger partial charge in [-0.25, -0.2) is 0 Å². The molecule has 4 nitrogen and oxygen atoms in total. The zero-order valence-electron chi connectivity index (χ0n) is 10.3. The second-order valence-corrected chi connectivity index (χ2v) is 4.07. The van der Waals surface area contributed by atoms with Gasteiger partial charge in [0.1, 0.15) is 5.52 Å².